The molecule has 1 aliphatic rings. The maximum Gasteiger partial charge on any atom is 0.242 e. The second-order valence-electron chi connectivity index (χ2n) is 8.88. The first-order chi connectivity index (χ1) is 14.4. The van der Waals surface area contributed by atoms with E-state index in [1.54, 1.807) is 0 Å². The topological polar surface area (TPSA) is 72.0 Å². The summed E-state index contributed by atoms with van der Waals surface area (Å²) >= 11 is 0. The Labute approximate surface area is 182 Å². The third-order valence-corrected chi connectivity index (χ3v) is 4.90. The van der Waals surface area contributed by atoms with Gasteiger partial charge in [0.25, 0.3) is 0 Å². The van der Waals surface area contributed by atoms with Crippen molar-refractivity contribution in [3.05, 3.63) is 35.9 Å². The zero-order chi connectivity index (χ0) is 21.8. The van der Waals surface area contributed by atoms with Gasteiger partial charge in [-0.1, -0.05) is 30.3 Å². The van der Waals surface area contributed by atoms with Gasteiger partial charge in [0, 0.05) is 51.4 Å². The van der Waals surface area contributed by atoms with Gasteiger partial charge in [0.2, 0.25) is 5.91 Å². The number of rotatable bonds is 9. The van der Waals surface area contributed by atoms with Gasteiger partial charge in [-0.15, -0.1) is 0 Å². The van der Waals surface area contributed by atoms with Crippen LogP contribution in [0, 0.1) is 0 Å². The number of hydrogen-bond donors (Lipinski definition) is 3. The fraction of sp³-hybridized carbons (Fsp3) is 0.652. The van der Waals surface area contributed by atoms with Gasteiger partial charge < -0.3 is 20.9 Å². The molecule has 1 fully saturated rings. The first kappa shape index (κ1) is 24.2. The maximum absolute atomic E-state index is 12.0. The lowest BCUT2D eigenvalue weighted by molar-refractivity contribution is -0.121. The van der Waals surface area contributed by atoms with Crippen LogP contribution in [-0.4, -0.2) is 79.6 Å². The molecule has 0 aliphatic carbocycles. The lowest BCUT2D eigenvalue weighted by Crippen LogP contribution is -2.46. The van der Waals surface area contributed by atoms with E-state index in [0.717, 1.165) is 58.8 Å². The average Bonchev–Trinajstić information content (AvgIpc) is 2.70. The molecular weight excluding hydrogens is 376 g/mol. The summed E-state index contributed by atoms with van der Waals surface area (Å²) in [7, 11) is 0. The molecule has 3 N–H and O–H groups in total. The lowest BCUT2D eigenvalue weighted by Gasteiger charge is -2.34. The average molecular weight is 417 g/mol. The van der Waals surface area contributed by atoms with Crippen LogP contribution in [0.1, 0.15) is 39.7 Å². The van der Waals surface area contributed by atoms with Crippen LogP contribution >= 0.6 is 0 Å². The normalized spacial score (nSPS) is 16.3. The third kappa shape index (κ3) is 10.1. The summed E-state index contributed by atoms with van der Waals surface area (Å²) in [4.78, 5) is 21.4. The molecule has 0 saturated carbocycles. The van der Waals surface area contributed by atoms with Gasteiger partial charge in [-0.2, -0.15) is 0 Å². The summed E-state index contributed by atoms with van der Waals surface area (Å²) in [5.74, 6) is 0.641. The van der Waals surface area contributed by atoms with Crippen LogP contribution < -0.4 is 16.0 Å². The first-order valence-electron chi connectivity index (χ1n) is 11.2. The van der Waals surface area contributed by atoms with E-state index in [-0.39, 0.29) is 18.0 Å². The molecule has 0 bridgehead atoms. The molecule has 1 aliphatic heterocycles. The molecule has 0 atom stereocenters. The van der Waals surface area contributed by atoms with Gasteiger partial charge in [-0.05, 0) is 46.2 Å². The second kappa shape index (κ2) is 12.5. The zero-order valence-corrected chi connectivity index (χ0v) is 19.2. The van der Waals surface area contributed by atoms with Crippen LogP contribution in [0.25, 0.3) is 0 Å². The number of carbonyl (C=O) groups excluding carboxylic acids is 1. The van der Waals surface area contributed by atoms with E-state index in [0.29, 0.717) is 5.96 Å². The molecule has 1 aromatic carbocycles. The molecule has 1 aromatic rings. The van der Waals surface area contributed by atoms with Crippen molar-refractivity contribution >= 4 is 11.9 Å². The van der Waals surface area contributed by atoms with Gasteiger partial charge >= 0.3 is 0 Å². The number of benzene rings is 1. The molecule has 0 aromatic heterocycles. The van der Waals surface area contributed by atoms with Gasteiger partial charge in [0.05, 0.1) is 0 Å². The van der Waals surface area contributed by atoms with E-state index in [4.69, 9.17) is 0 Å². The van der Waals surface area contributed by atoms with Gasteiger partial charge in [-0.25, -0.2) is 4.99 Å². The first-order valence-corrected chi connectivity index (χ1v) is 11.2. The molecule has 1 heterocycles. The van der Waals surface area contributed by atoms with Crippen molar-refractivity contribution in [2.75, 3.05) is 52.4 Å². The van der Waals surface area contributed by atoms with Crippen LogP contribution in [-0.2, 0) is 11.3 Å². The van der Waals surface area contributed by atoms with Crippen molar-refractivity contribution in [3.63, 3.8) is 0 Å². The van der Waals surface area contributed by atoms with E-state index in [2.05, 4.69) is 61.1 Å². The molecule has 2 rings (SSSR count). The number of hydrogen-bond acceptors (Lipinski definition) is 4. The Hall–Kier alpha value is -2.12. The highest BCUT2D eigenvalue weighted by molar-refractivity contribution is 5.85. The summed E-state index contributed by atoms with van der Waals surface area (Å²) in [6.45, 7) is 16.3. The molecular formula is C23H40N6O. The van der Waals surface area contributed by atoms with Crippen LogP contribution in [0.4, 0.5) is 0 Å². The standard InChI is InChI=1S/C23H40N6O/c1-5-24-22(26-18-21(30)27-23(2,3)4)25-12-9-13-28-14-16-29(17-15-28)19-20-10-7-6-8-11-20/h6-8,10-11H,5,9,12-19H2,1-4H3,(H,27,30)(H2,24,25,26). The summed E-state index contributed by atoms with van der Waals surface area (Å²) in [5.41, 5.74) is 1.16. The fourth-order valence-electron chi connectivity index (χ4n) is 3.47. The summed E-state index contributed by atoms with van der Waals surface area (Å²) < 4.78 is 0. The van der Waals surface area contributed by atoms with Gasteiger partial charge in [-0.3, -0.25) is 9.69 Å². The number of aliphatic imine (C=N–C) groups is 1. The Morgan fingerprint density at radius 2 is 1.70 bits per heavy atom. The van der Waals surface area contributed by atoms with Crippen LogP contribution in [0.3, 0.4) is 0 Å². The van der Waals surface area contributed by atoms with Gasteiger partial charge in [0.1, 0.15) is 6.54 Å². The summed E-state index contributed by atoms with van der Waals surface area (Å²) in [6.07, 6.45) is 1.05. The van der Waals surface area contributed by atoms with Crippen molar-refractivity contribution < 1.29 is 4.79 Å². The molecule has 7 nitrogen and oxygen atoms in total. The quantitative estimate of drug-likeness (QED) is 0.324. The number of nitrogens with one attached hydrogen (secondary N) is 3. The van der Waals surface area contributed by atoms with Crippen molar-refractivity contribution in [3.8, 4) is 0 Å². The SMILES string of the molecule is CCNC(=NCC(=O)NC(C)(C)C)NCCCN1CCN(Cc2ccccc2)CC1. The second-order valence-corrected chi connectivity index (χ2v) is 8.88. The molecule has 1 saturated heterocycles. The number of carbonyl (C=O) groups is 1. The molecule has 1 amide bonds. The van der Waals surface area contributed by atoms with E-state index in [1.165, 1.54) is 5.56 Å². The largest absolute Gasteiger partial charge is 0.357 e. The summed E-state index contributed by atoms with van der Waals surface area (Å²) in [5, 5.41) is 9.48. The van der Waals surface area contributed by atoms with E-state index >= 15 is 0 Å². The highest BCUT2D eigenvalue weighted by Crippen LogP contribution is 2.08. The number of guanidine groups is 1. The monoisotopic (exact) mass is 416 g/mol. The number of piperazine rings is 1. The Bertz CT molecular complexity index is 647. The van der Waals surface area contributed by atoms with E-state index < -0.39 is 0 Å². The zero-order valence-electron chi connectivity index (χ0n) is 19.2. The predicted molar refractivity (Wildman–Crippen MR) is 125 cm³/mol. The van der Waals surface area contributed by atoms with E-state index in [9.17, 15) is 4.79 Å². The maximum atomic E-state index is 12.0. The van der Waals surface area contributed by atoms with Crippen molar-refractivity contribution in [1.82, 2.24) is 25.8 Å². The molecule has 30 heavy (non-hydrogen) atoms. The molecule has 0 radical (unpaired) electrons. The van der Waals surface area contributed by atoms with Crippen molar-refractivity contribution in [2.45, 2.75) is 46.2 Å². The lowest BCUT2D eigenvalue weighted by atomic mass is 10.1. The Kier molecular flexibility index (Phi) is 10.1. The Balaban J connectivity index is 1.63. The predicted octanol–water partition coefficient (Wildman–Crippen LogP) is 1.66. The molecule has 7 heteroatoms. The van der Waals surface area contributed by atoms with Crippen LogP contribution in [0.2, 0.25) is 0 Å². The third-order valence-electron chi connectivity index (χ3n) is 4.90. The summed E-state index contributed by atoms with van der Waals surface area (Å²) in [6, 6.07) is 10.7. The highest BCUT2D eigenvalue weighted by atomic mass is 16.2. The number of nitrogens with zero attached hydrogens (tertiary/aromatic N) is 3. The molecule has 168 valence electrons. The molecule has 0 unspecified atom stereocenters. The fourth-order valence-corrected chi connectivity index (χ4v) is 3.47. The minimum absolute atomic E-state index is 0.0620. The van der Waals surface area contributed by atoms with Crippen LogP contribution in [0.15, 0.2) is 35.3 Å². The molecule has 0 spiro atoms. The highest BCUT2D eigenvalue weighted by Gasteiger charge is 2.16. The van der Waals surface area contributed by atoms with Crippen molar-refractivity contribution in [2.24, 2.45) is 4.99 Å². The Morgan fingerprint density at radius 3 is 2.33 bits per heavy atom. The number of amides is 1. The van der Waals surface area contributed by atoms with E-state index in [1.807, 2.05) is 27.7 Å². The minimum Gasteiger partial charge on any atom is -0.357 e. The Morgan fingerprint density at radius 1 is 1.03 bits per heavy atom. The smallest absolute Gasteiger partial charge is 0.242 e. The van der Waals surface area contributed by atoms with Crippen molar-refractivity contribution in [1.29, 1.82) is 0 Å². The van der Waals surface area contributed by atoms with Gasteiger partial charge in [0.15, 0.2) is 5.96 Å². The minimum atomic E-state index is -0.233. The van der Waals surface area contributed by atoms with Crippen LogP contribution in [0.5, 0.6) is 0 Å².